The maximum atomic E-state index is 5.84. The van der Waals surface area contributed by atoms with Crippen molar-refractivity contribution in [3.05, 3.63) is 29.3 Å². The van der Waals surface area contributed by atoms with Gasteiger partial charge in [0.25, 0.3) is 0 Å². The number of aliphatic imine (C=N–C) groups is 1. The molecule has 13 heavy (non-hydrogen) atoms. The van der Waals surface area contributed by atoms with Crippen LogP contribution in [0.2, 0.25) is 5.02 Å². The highest BCUT2D eigenvalue weighted by Crippen LogP contribution is 2.18. The molecule has 4 heteroatoms. The molecule has 0 atom stereocenters. The first-order chi connectivity index (χ1) is 6.34. The first-order valence-corrected chi connectivity index (χ1v) is 5.41. The fourth-order valence-electron chi connectivity index (χ4n) is 1.10. The summed E-state index contributed by atoms with van der Waals surface area (Å²) < 4.78 is 0. The Morgan fingerprint density at radius 2 is 2.38 bits per heavy atom. The molecule has 0 fully saturated rings. The maximum absolute atomic E-state index is 5.84. The number of benzene rings is 1. The lowest BCUT2D eigenvalue weighted by atomic mass is 10.3. The Hall–Kier alpha value is -0.670. The van der Waals surface area contributed by atoms with E-state index in [1.165, 1.54) is 0 Å². The molecule has 0 unspecified atom stereocenters. The van der Waals surface area contributed by atoms with Gasteiger partial charge in [-0.2, -0.15) is 0 Å². The minimum absolute atomic E-state index is 0.744. The van der Waals surface area contributed by atoms with Crippen LogP contribution in [-0.2, 0) is 0 Å². The largest absolute Gasteiger partial charge is 0.335 e. The second-order valence-corrected chi connectivity index (χ2v) is 4.19. The summed E-state index contributed by atoms with van der Waals surface area (Å²) in [7, 11) is 0. The summed E-state index contributed by atoms with van der Waals surface area (Å²) in [6, 6.07) is 7.65. The van der Waals surface area contributed by atoms with Crippen LogP contribution in [-0.4, -0.2) is 17.5 Å². The molecule has 0 aromatic heterocycles. The Morgan fingerprint density at radius 3 is 3.08 bits per heavy atom. The smallest absolute Gasteiger partial charge is 0.161 e. The second kappa shape index (κ2) is 4.03. The summed E-state index contributed by atoms with van der Waals surface area (Å²) in [5, 5.41) is 4.94. The van der Waals surface area contributed by atoms with Crippen LogP contribution < -0.4 is 5.32 Å². The van der Waals surface area contributed by atoms with Gasteiger partial charge in [-0.3, -0.25) is 4.99 Å². The molecule has 0 bridgehead atoms. The normalized spacial score (nSPS) is 15.6. The molecular formula is C9H9ClN2S. The third kappa shape index (κ3) is 2.39. The highest BCUT2D eigenvalue weighted by atomic mass is 35.5. The quantitative estimate of drug-likeness (QED) is 0.774. The zero-order valence-corrected chi connectivity index (χ0v) is 8.53. The van der Waals surface area contributed by atoms with Crippen molar-refractivity contribution >= 4 is 34.2 Å². The molecule has 0 aliphatic carbocycles. The highest BCUT2D eigenvalue weighted by Gasteiger charge is 2.06. The van der Waals surface area contributed by atoms with E-state index in [1.54, 1.807) is 11.8 Å². The summed E-state index contributed by atoms with van der Waals surface area (Å²) in [4.78, 5) is 4.29. The summed E-state index contributed by atoms with van der Waals surface area (Å²) in [5.74, 6) is 1.07. The topological polar surface area (TPSA) is 24.4 Å². The molecule has 1 aromatic rings. The van der Waals surface area contributed by atoms with Gasteiger partial charge in [0.1, 0.15) is 0 Å². The lowest BCUT2D eigenvalue weighted by Gasteiger charge is -2.04. The molecule has 0 spiro atoms. The van der Waals surface area contributed by atoms with Crippen LogP contribution in [0.3, 0.4) is 0 Å². The van der Waals surface area contributed by atoms with Gasteiger partial charge in [0, 0.05) is 16.5 Å². The van der Waals surface area contributed by atoms with E-state index in [0.717, 1.165) is 28.2 Å². The molecule has 0 radical (unpaired) electrons. The Labute approximate surface area is 86.4 Å². The fourth-order valence-corrected chi connectivity index (χ4v) is 2.04. The van der Waals surface area contributed by atoms with Gasteiger partial charge in [0.2, 0.25) is 0 Å². The Bertz CT molecular complexity index is 338. The monoisotopic (exact) mass is 212 g/mol. The molecular weight excluding hydrogens is 204 g/mol. The SMILES string of the molecule is Clc1cccc(NC2=NCCS2)c1. The van der Waals surface area contributed by atoms with E-state index in [-0.39, 0.29) is 0 Å². The van der Waals surface area contributed by atoms with Gasteiger partial charge in [-0.25, -0.2) is 0 Å². The third-order valence-corrected chi connectivity index (χ3v) is 2.79. The van der Waals surface area contributed by atoms with Crippen LogP contribution in [0.1, 0.15) is 0 Å². The number of rotatable bonds is 1. The van der Waals surface area contributed by atoms with Crippen molar-refractivity contribution in [1.29, 1.82) is 0 Å². The van der Waals surface area contributed by atoms with E-state index in [0.29, 0.717) is 0 Å². The molecule has 1 aliphatic rings. The second-order valence-electron chi connectivity index (χ2n) is 2.67. The predicted octanol–water partition coefficient (Wildman–Crippen LogP) is 2.85. The minimum atomic E-state index is 0.744. The first kappa shape index (κ1) is 8.91. The van der Waals surface area contributed by atoms with Crippen LogP contribution in [0, 0.1) is 0 Å². The Morgan fingerprint density at radius 1 is 1.46 bits per heavy atom. The molecule has 68 valence electrons. The van der Waals surface area contributed by atoms with E-state index in [4.69, 9.17) is 11.6 Å². The summed E-state index contributed by atoms with van der Waals surface area (Å²) in [6.45, 7) is 0.910. The van der Waals surface area contributed by atoms with Gasteiger partial charge in [0.15, 0.2) is 5.17 Å². The van der Waals surface area contributed by atoms with E-state index in [2.05, 4.69) is 10.3 Å². The van der Waals surface area contributed by atoms with Gasteiger partial charge >= 0.3 is 0 Å². The minimum Gasteiger partial charge on any atom is -0.335 e. The number of thioether (sulfide) groups is 1. The van der Waals surface area contributed by atoms with Crippen molar-refractivity contribution in [2.24, 2.45) is 4.99 Å². The molecule has 1 N–H and O–H groups in total. The predicted molar refractivity (Wildman–Crippen MR) is 59.8 cm³/mol. The van der Waals surface area contributed by atoms with Crippen LogP contribution >= 0.6 is 23.4 Å². The standard InChI is InChI=1S/C9H9ClN2S/c10-7-2-1-3-8(6-7)12-9-11-4-5-13-9/h1-3,6H,4-5H2,(H,11,12). The number of amidine groups is 1. The maximum Gasteiger partial charge on any atom is 0.161 e. The summed E-state index contributed by atoms with van der Waals surface area (Å²) in [6.07, 6.45) is 0. The van der Waals surface area contributed by atoms with E-state index in [9.17, 15) is 0 Å². The highest BCUT2D eigenvalue weighted by molar-refractivity contribution is 8.14. The van der Waals surface area contributed by atoms with E-state index in [1.807, 2.05) is 24.3 Å². The number of nitrogens with one attached hydrogen (secondary N) is 1. The zero-order valence-electron chi connectivity index (χ0n) is 6.96. The van der Waals surface area contributed by atoms with Crippen LogP contribution in [0.15, 0.2) is 29.3 Å². The molecule has 1 aromatic carbocycles. The van der Waals surface area contributed by atoms with Gasteiger partial charge in [0.05, 0.1) is 6.54 Å². The Balaban J connectivity index is 2.09. The average Bonchev–Trinajstić information content (AvgIpc) is 2.57. The molecule has 1 heterocycles. The fraction of sp³-hybridized carbons (Fsp3) is 0.222. The number of hydrogen-bond acceptors (Lipinski definition) is 3. The number of halogens is 1. The van der Waals surface area contributed by atoms with Crippen molar-refractivity contribution in [2.45, 2.75) is 0 Å². The molecule has 0 saturated carbocycles. The van der Waals surface area contributed by atoms with Crippen LogP contribution in [0.5, 0.6) is 0 Å². The summed E-state index contributed by atoms with van der Waals surface area (Å²) in [5.41, 5.74) is 1.00. The van der Waals surface area contributed by atoms with Crippen molar-refractivity contribution in [2.75, 3.05) is 17.6 Å². The first-order valence-electron chi connectivity index (χ1n) is 4.04. The van der Waals surface area contributed by atoms with Crippen molar-refractivity contribution in [3.63, 3.8) is 0 Å². The van der Waals surface area contributed by atoms with Crippen LogP contribution in [0.4, 0.5) is 5.69 Å². The zero-order chi connectivity index (χ0) is 9.10. The van der Waals surface area contributed by atoms with E-state index < -0.39 is 0 Å². The molecule has 0 saturated heterocycles. The summed E-state index contributed by atoms with van der Waals surface area (Å²) >= 11 is 7.58. The molecule has 2 rings (SSSR count). The molecule has 0 amide bonds. The van der Waals surface area contributed by atoms with Gasteiger partial charge in [-0.15, -0.1) is 0 Å². The van der Waals surface area contributed by atoms with Crippen molar-refractivity contribution in [3.8, 4) is 0 Å². The van der Waals surface area contributed by atoms with Gasteiger partial charge < -0.3 is 5.32 Å². The van der Waals surface area contributed by atoms with Crippen molar-refractivity contribution < 1.29 is 0 Å². The number of anilines is 1. The van der Waals surface area contributed by atoms with Gasteiger partial charge in [-0.1, -0.05) is 29.4 Å². The third-order valence-electron chi connectivity index (χ3n) is 1.66. The molecule has 1 aliphatic heterocycles. The van der Waals surface area contributed by atoms with Crippen LogP contribution in [0.25, 0.3) is 0 Å². The number of hydrogen-bond donors (Lipinski definition) is 1. The average molecular weight is 213 g/mol. The lowest BCUT2D eigenvalue weighted by Crippen LogP contribution is -2.04. The lowest BCUT2D eigenvalue weighted by molar-refractivity contribution is 1.17. The van der Waals surface area contributed by atoms with Gasteiger partial charge in [-0.05, 0) is 18.2 Å². The number of nitrogens with zero attached hydrogens (tertiary/aromatic N) is 1. The van der Waals surface area contributed by atoms with Crippen molar-refractivity contribution in [1.82, 2.24) is 0 Å². The molecule has 2 nitrogen and oxygen atoms in total. The van der Waals surface area contributed by atoms with E-state index >= 15 is 0 Å². The Kier molecular flexibility index (Phi) is 2.76.